The van der Waals surface area contributed by atoms with Crippen LogP contribution in [-0.2, 0) is 29.5 Å². The van der Waals surface area contributed by atoms with Crippen LogP contribution in [0.3, 0.4) is 0 Å². The maximum absolute atomic E-state index is 5.73. The third-order valence-electron chi connectivity index (χ3n) is 4.89. The van der Waals surface area contributed by atoms with Crippen molar-refractivity contribution in [2.45, 2.75) is 45.3 Å². The fraction of sp³-hybridized carbons (Fsp3) is 0.650. The zero-order valence-corrected chi connectivity index (χ0v) is 20.9. The second-order valence-corrected chi connectivity index (χ2v) is 8.17. The molecule has 3 heterocycles. The summed E-state index contributed by atoms with van der Waals surface area (Å²) >= 11 is 1.78. The molecule has 1 fully saturated rings. The van der Waals surface area contributed by atoms with Crippen molar-refractivity contribution in [2.24, 2.45) is 12.0 Å². The van der Waals surface area contributed by atoms with Crippen LogP contribution in [0.2, 0.25) is 0 Å². The van der Waals surface area contributed by atoms with E-state index in [0.29, 0.717) is 13.2 Å². The van der Waals surface area contributed by atoms with Gasteiger partial charge in [0.25, 0.3) is 0 Å². The molecule has 0 amide bonds. The molecule has 30 heavy (non-hydrogen) atoms. The molecule has 2 aromatic rings. The normalized spacial score (nSPS) is 16.5. The first-order valence-electron chi connectivity index (χ1n) is 10.3. The third-order valence-corrected chi connectivity index (χ3v) is 5.83. The number of hydrogen-bond donors (Lipinski definition) is 2. The van der Waals surface area contributed by atoms with E-state index in [1.165, 1.54) is 4.88 Å². The van der Waals surface area contributed by atoms with E-state index >= 15 is 0 Å². The summed E-state index contributed by atoms with van der Waals surface area (Å²) < 4.78 is 13.3. The van der Waals surface area contributed by atoms with E-state index < -0.39 is 0 Å². The predicted molar refractivity (Wildman–Crippen MR) is 131 cm³/mol. The number of aryl methyl sites for hydroxylation is 1. The number of aromatic nitrogens is 3. The van der Waals surface area contributed by atoms with Gasteiger partial charge in [-0.2, -0.15) is 0 Å². The smallest absolute Gasteiger partial charge is 0.191 e. The summed E-state index contributed by atoms with van der Waals surface area (Å²) in [4.78, 5) is 6.05. The van der Waals surface area contributed by atoms with Gasteiger partial charge in [0.1, 0.15) is 12.4 Å². The van der Waals surface area contributed by atoms with Crippen molar-refractivity contribution in [3.63, 3.8) is 0 Å². The molecule has 1 aliphatic rings. The summed E-state index contributed by atoms with van der Waals surface area (Å²) in [6, 6.07) is 4.24. The van der Waals surface area contributed by atoms with Gasteiger partial charge >= 0.3 is 0 Å². The van der Waals surface area contributed by atoms with Crippen LogP contribution >= 0.6 is 35.3 Å². The number of nitrogens with zero attached hydrogens (tertiary/aromatic N) is 4. The number of thiophene rings is 1. The van der Waals surface area contributed by atoms with Crippen LogP contribution in [0.4, 0.5) is 0 Å². The van der Waals surface area contributed by atoms with Crippen molar-refractivity contribution in [3.05, 3.63) is 34.0 Å². The monoisotopic (exact) mass is 548 g/mol. The fourth-order valence-corrected chi connectivity index (χ4v) is 3.75. The number of rotatable bonds is 11. The summed E-state index contributed by atoms with van der Waals surface area (Å²) in [6.45, 7) is 6.35. The van der Waals surface area contributed by atoms with Gasteiger partial charge in [0, 0.05) is 38.2 Å². The van der Waals surface area contributed by atoms with Crippen LogP contribution in [0.15, 0.2) is 22.5 Å². The third kappa shape index (κ3) is 8.48. The molecule has 2 N–H and O–H groups in total. The number of hydrogen-bond acceptors (Lipinski definition) is 6. The molecule has 0 spiro atoms. The van der Waals surface area contributed by atoms with E-state index in [0.717, 1.165) is 69.6 Å². The Morgan fingerprint density at radius 1 is 1.37 bits per heavy atom. The average molecular weight is 548 g/mol. The molecule has 1 unspecified atom stereocenters. The Morgan fingerprint density at radius 2 is 2.23 bits per heavy atom. The molecule has 0 aromatic carbocycles. The Labute approximate surface area is 199 Å². The lowest BCUT2D eigenvalue weighted by Crippen LogP contribution is -2.39. The lowest BCUT2D eigenvalue weighted by molar-refractivity contribution is 0.0168. The van der Waals surface area contributed by atoms with E-state index in [2.05, 4.69) is 43.3 Å². The number of nitrogens with one attached hydrogen (secondary N) is 2. The van der Waals surface area contributed by atoms with Crippen LogP contribution in [0, 0.1) is 6.92 Å². The Morgan fingerprint density at radius 3 is 2.93 bits per heavy atom. The first-order chi connectivity index (χ1) is 14.2. The molecule has 1 saturated heterocycles. The minimum atomic E-state index is 0. The Kier molecular flexibility index (Phi) is 11.6. The molecule has 1 aliphatic heterocycles. The molecule has 0 radical (unpaired) electrons. The largest absolute Gasteiger partial charge is 0.379 e. The maximum atomic E-state index is 5.73. The zero-order valence-electron chi connectivity index (χ0n) is 17.8. The number of halogens is 1. The lowest BCUT2D eigenvalue weighted by atomic mass is 10.2. The predicted octanol–water partition coefficient (Wildman–Crippen LogP) is 2.67. The molecule has 0 saturated carbocycles. The van der Waals surface area contributed by atoms with Crippen LogP contribution < -0.4 is 10.6 Å². The molecule has 1 atom stereocenters. The van der Waals surface area contributed by atoms with Crippen LogP contribution in [0.25, 0.3) is 0 Å². The van der Waals surface area contributed by atoms with Gasteiger partial charge in [-0.15, -0.1) is 45.5 Å². The highest BCUT2D eigenvalue weighted by molar-refractivity contribution is 14.0. The van der Waals surface area contributed by atoms with Crippen LogP contribution in [-0.4, -0.2) is 59.7 Å². The first kappa shape index (κ1) is 25.0. The van der Waals surface area contributed by atoms with Crippen molar-refractivity contribution in [1.82, 2.24) is 25.4 Å². The van der Waals surface area contributed by atoms with Crippen molar-refractivity contribution < 1.29 is 9.47 Å². The van der Waals surface area contributed by atoms with Gasteiger partial charge in [-0.05, 0) is 44.1 Å². The zero-order chi connectivity index (χ0) is 20.3. The minimum absolute atomic E-state index is 0. The molecule has 10 heteroatoms. The topological polar surface area (TPSA) is 85.6 Å². The molecule has 8 nitrogen and oxygen atoms in total. The van der Waals surface area contributed by atoms with E-state index in [9.17, 15) is 0 Å². The minimum Gasteiger partial charge on any atom is -0.379 e. The highest BCUT2D eigenvalue weighted by atomic mass is 127. The molecular formula is C20H33IN6O2S. The quantitative estimate of drug-likeness (QED) is 0.195. The van der Waals surface area contributed by atoms with Gasteiger partial charge in [-0.25, -0.2) is 4.99 Å². The van der Waals surface area contributed by atoms with Gasteiger partial charge in [0.2, 0.25) is 0 Å². The summed E-state index contributed by atoms with van der Waals surface area (Å²) in [7, 11) is 1.96. The fourth-order valence-electron chi connectivity index (χ4n) is 3.04. The van der Waals surface area contributed by atoms with Crippen molar-refractivity contribution >= 4 is 41.3 Å². The van der Waals surface area contributed by atoms with Crippen LogP contribution in [0.1, 0.15) is 35.8 Å². The van der Waals surface area contributed by atoms with Crippen molar-refractivity contribution in [3.8, 4) is 0 Å². The maximum Gasteiger partial charge on any atom is 0.191 e. The standard InChI is InChI=1S/C20H32N6O2S.HI/c1-16-24-25-19(26(16)2)14-23-20(22-10-8-18-7-4-13-29-18)21-9-5-11-27-15-17-6-3-12-28-17;/h4,7,13,17H,3,5-6,8-12,14-15H2,1-2H3,(H2,21,22,23);1H. The average Bonchev–Trinajstić information content (AvgIpc) is 3.48. The van der Waals surface area contributed by atoms with Crippen LogP contribution in [0.5, 0.6) is 0 Å². The molecular weight excluding hydrogens is 515 g/mol. The second kappa shape index (κ2) is 13.9. The van der Waals surface area contributed by atoms with Gasteiger partial charge in [0.15, 0.2) is 11.8 Å². The van der Waals surface area contributed by atoms with E-state index in [4.69, 9.17) is 9.47 Å². The molecule has 0 bridgehead atoms. The lowest BCUT2D eigenvalue weighted by Gasteiger charge is -2.13. The van der Waals surface area contributed by atoms with Crippen molar-refractivity contribution in [1.29, 1.82) is 0 Å². The second-order valence-electron chi connectivity index (χ2n) is 7.13. The SMILES string of the molecule is Cc1nnc(CN=C(NCCCOCC2CCCO2)NCCc2cccs2)n1C.I. The Hall–Kier alpha value is -1.24. The first-order valence-corrected chi connectivity index (χ1v) is 11.2. The Balaban J connectivity index is 0.00000320. The van der Waals surface area contributed by atoms with E-state index in [1.807, 2.05) is 18.5 Å². The summed E-state index contributed by atoms with van der Waals surface area (Å²) in [5, 5.41) is 17.2. The van der Waals surface area contributed by atoms with Gasteiger partial charge in [-0.3, -0.25) is 0 Å². The van der Waals surface area contributed by atoms with Gasteiger partial charge < -0.3 is 24.7 Å². The van der Waals surface area contributed by atoms with E-state index in [1.54, 1.807) is 11.3 Å². The van der Waals surface area contributed by atoms with E-state index in [-0.39, 0.29) is 30.1 Å². The molecule has 0 aliphatic carbocycles. The highest BCUT2D eigenvalue weighted by Crippen LogP contribution is 2.12. The number of guanidine groups is 1. The molecule has 2 aromatic heterocycles. The summed E-state index contributed by atoms with van der Waals surface area (Å²) in [6.07, 6.45) is 4.45. The number of ether oxygens (including phenoxy) is 2. The van der Waals surface area contributed by atoms with Gasteiger partial charge in [-0.1, -0.05) is 6.07 Å². The molecule has 168 valence electrons. The highest BCUT2D eigenvalue weighted by Gasteiger charge is 2.14. The van der Waals surface area contributed by atoms with Gasteiger partial charge in [0.05, 0.1) is 12.7 Å². The summed E-state index contributed by atoms with van der Waals surface area (Å²) in [5.74, 6) is 2.53. The van der Waals surface area contributed by atoms with Crippen molar-refractivity contribution in [2.75, 3.05) is 32.9 Å². The summed E-state index contributed by atoms with van der Waals surface area (Å²) in [5.41, 5.74) is 0. The number of aliphatic imine (C=N–C) groups is 1. The molecule has 3 rings (SSSR count). The Bertz CT molecular complexity index is 747.